The average molecular weight is 574 g/mol. The minimum atomic E-state index is 1.11. The molecule has 8 aromatic carbocycles. The van der Waals surface area contributed by atoms with E-state index in [4.69, 9.17) is 0 Å². The van der Waals surface area contributed by atoms with Crippen LogP contribution >= 0.6 is 0 Å². The summed E-state index contributed by atoms with van der Waals surface area (Å²) in [4.78, 5) is 2.46. The first-order valence-electron chi connectivity index (χ1n) is 15.4. The molecule has 0 unspecified atom stereocenters. The van der Waals surface area contributed by atoms with E-state index in [0.29, 0.717) is 0 Å². The van der Waals surface area contributed by atoms with Crippen molar-refractivity contribution in [3.63, 3.8) is 0 Å². The van der Waals surface area contributed by atoms with E-state index in [2.05, 4.69) is 193 Å². The highest BCUT2D eigenvalue weighted by Crippen LogP contribution is 2.46. The molecule has 0 aliphatic rings. The summed E-state index contributed by atoms with van der Waals surface area (Å²) in [6.07, 6.45) is 0. The van der Waals surface area contributed by atoms with Gasteiger partial charge >= 0.3 is 0 Å². The Morgan fingerprint density at radius 2 is 0.778 bits per heavy atom. The van der Waals surface area contributed by atoms with Crippen LogP contribution < -0.4 is 4.90 Å². The highest BCUT2D eigenvalue weighted by atomic mass is 15.1. The Labute approximate surface area is 264 Å². The number of nitrogens with zero attached hydrogens (tertiary/aromatic N) is 1. The third-order valence-electron chi connectivity index (χ3n) is 8.65. The number of fused-ring (bicyclic) bond motifs is 3. The standard InChI is InChI=1S/C44H31N/c1-4-14-32(15-5-1)34-24-27-38(28-25-34)45(44-31-37-20-10-11-21-39(37)41-22-12-13-23-42(41)44)43-30-36(33-16-6-2-7-17-33)26-29-40(43)35-18-8-3-9-19-35/h1-31H. The quantitative estimate of drug-likeness (QED) is 0.179. The largest absolute Gasteiger partial charge is 0.309 e. The van der Waals surface area contributed by atoms with Gasteiger partial charge in [-0.15, -0.1) is 0 Å². The van der Waals surface area contributed by atoms with Gasteiger partial charge in [0.1, 0.15) is 0 Å². The van der Waals surface area contributed by atoms with Crippen LogP contribution in [0, 0.1) is 0 Å². The zero-order valence-corrected chi connectivity index (χ0v) is 24.8. The Morgan fingerprint density at radius 1 is 0.289 bits per heavy atom. The van der Waals surface area contributed by atoms with E-state index in [-0.39, 0.29) is 0 Å². The molecule has 0 aliphatic carbocycles. The van der Waals surface area contributed by atoms with E-state index in [1.54, 1.807) is 0 Å². The van der Waals surface area contributed by atoms with Crippen molar-refractivity contribution < 1.29 is 0 Å². The fourth-order valence-corrected chi connectivity index (χ4v) is 6.45. The molecule has 0 bridgehead atoms. The topological polar surface area (TPSA) is 3.24 Å². The van der Waals surface area contributed by atoms with Gasteiger partial charge in [-0.2, -0.15) is 0 Å². The van der Waals surface area contributed by atoms with E-state index >= 15 is 0 Å². The molecule has 0 N–H and O–H groups in total. The minimum absolute atomic E-state index is 1.11. The van der Waals surface area contributed by atoms with Crippen LogP contribution in [0.25, 0.3) is 54.9 Å². The summed E-state index contributed by atoms with van der Waals surface area (Å²) in [6.45, 7) is 0. The van der Waals surface area contributed by atoms with E-state index in [1.807, 2.05) is 0 Å². The van der Waals surface area contributed by atoms with Crippen LogP contribution in [0.4, 0.5) is 17.1 Å². The third kappa shape index (κ3) is 5.05. The van der Waals surface area contributed by atoms with Crippen molar-refractivity contribution in [1.82, 2.24) is 0 Å². The Balaban J connectivity index is 1.43. The van der Waals surface area contributed by atoms with Crippen molar-refractivity contribution in [2.24, 2.45) is 0 Å². The fourth-order valence-electron chi connectivity index (χ4n) is 6.45. The lowest BCUT2D eigenvalue weighted by atomic mass is 9.95. The lowest BCUT2D eigenvalue weighted by Gasteiger charge is -2.30. The van der Waals surface area contributed by atoms with E-state index in [0.717, 1.165) is 17.1 Å². The van der Waals surface area contributed by atoms with Gasteiger partial charge in [0, 0.05) is 16.6 Å². The molecule has 0 radical (unpaired) electrons. The number of anilines is 3. The summed E-state index contributed by atoms with van der Waals surface area (Å²) in [5.74, 6) is 0. The van der Waals surface area contributed by atoms with Gasteiger partial charge < -0.3 is 4.90 Å². The van der Waals surface area contributed by atoms with Gasteiger partial charge in [0.2, 0.25) is 0 Å². The SMILES string of the molecule is c1ccc(-c2ccc(N(c3cc(-c4ccccc4)ccc3-c3ccccc3)c3cc4ccccc4c4ccccc34)cc2)cc1. The molecule has 0 aliphatic heterocycles. The number of hydrogen-bond donors (Lipinski definition) is 0. The minimum Gasteiger partial charge on any atom is -0.309 e. The predicted molar refractivity (Wildman–Crippen MR) is 192 cm³/mol. The molecule has 1 heteroatoms. The first kappa shape index (κ1) is 26.7. The molecular weight excluding hydrogens is 542 g/mol. The molecule has 1 nitrogen and oxygen atoms in total. The van der Waals surface area contributed by atoms with Crippen molar-refractivity contribution in [2.75, 3.05) is 4.90 Å². The average Bonchev–Trinajstić information content (AvgIpc) is 3.13. The third-order valence-corrected chi connectivity index (χ3v) is 8.65. The van der Waals surface area contributed by atoms with Crippen LogP contribution in [-0.4, -0.2) is 0 Å². The van der Waals surface area contributed by atoms with Gasteiger partial charge in [-0.3, -0.25) is 0 Å². The Kier molecular flexibility index (Phi) is 6.90. The molecule has 0 fully saturated rings. The van der Waals surface area contributed by atoms with Crippen molar-refractivity contribution in [3.8, 4) is 33.4 Å². The fraction of sp³-hybridized carbons (Fsp3) is 0. The molecule has 0 saturated carbocycles. The van der Waals surface area contributed by atoms with Gasteiger partial charge in [-0.05, 0) is 68.2 Å². The number of hydrogen-bond acceptors (Lipinski definition) is 1. The van der Waals surface area contributed by atoms with Gasteiger partial charge in [0.05, 0.1) is 11.4 Å². The lowest BCUT2D eigenvalue weighted by molar-refractivity contribution is 1.30. The summed E-state index contributed by atoms with van der Waals surface area (Å²) < 4.78 is 0. The highest BCUT2D eigenvalue weighted by Gasteiger charge is 2.21. The Morgan fingerprint density at radius 3 is 1.44 bits per heavy atom. The van der Waals surface area contributed by atoms with Gasteiger partial charge in [-0.1, -0.05) is 164 Å². The highest BCUT2D eigenvalue weighted by molar-refractivity contribution is 6.15. The second-order valence-electron chi connectivity index (χ2n) is 11.4. The summed E-state index contributed by atoms with van der Waals surface area (Å²) in [5, 5.41) is 4.94. The zero-order chi connectivity index (χ0) is 30.0. The molecule has 212 valence electrons. The van der Waals surface area contributed by atoms with Crippen LogP contribution in [0.1, 0.15) is 0 Å². The molecule has 0 heterocycles. The summed E-state index contributed by atoms with van der Waals surface area (Å²) in [5.41, 5.74) is 10.5. The predicted octanol–water partition coefficient (Wildman–Crippen LogP) is 12.5. The van der Waals surface area contributed by atoms with Crippen molar-refractivity contribution in [2.45, 2.75) is 0 Å². The monoisotopic (exact) mass is 573 g/mol. The normalized spacial score (nSPS) is 11.1. The van der Waals surface area contributed by atoms with Crippen molar-refractivity contribution >= 4 is 38.6 Å². The van der Waals surface area contributed by atoms with Crippen LogP contribution in [0.3, 0.4) is 0 Å². The molecule has 0 spiro atoms. The van der Waals surface area contributed by atoms with Gasteiger partial charge in [0.25, 0.3) is 0 Å². The number of rotatable bonds is 6. The van der Waals surface area contributed by atoms with Crippen molar-refractivity contribution in [3.05, 3.63) is 188 Å². The van der Waals surface area contributed by atoms with Crippen molar-refractivity contribution in [1.29, 1.82) is 0 Å². The summed E-state index contributed by atoms with van der Waals surface area (Å²) in [7, 11) is 0. The second-order valence-corrected chi connectivity index (χ2v) is 11.4. The molecule has 8 rings (SSSR count). The smallest absolute Gasteiger partial charge is 0.0546 e. The zero-order valence-electron chi connectivity index (χ0n) is 24.8. The van der Waals surface area contributed by atoms with Crippen LogP contribution in [-0.2, 0) is 0 Å². The number of benzene rings is 8. The lowest BCUT2D eigenvalue weighted by Crippen LogP contribution is -2.12. The maximum atomic E-state index is 2.46. The second kappa shape index (κ2) is 11.6. The molecule has 0 aromatic heterocycles. The molecule has 0 atom stereocenters. The Bertz CT molecular complexity index is 2240. The van der Waals surface area contributed by atoms with Crippen LogP contribution in [0.15, 0.2) is 188 Å². The van der Waals surface area contributed by atoms with E-state index in [9.17, 15) is 0 Å². The first-order chi connectivity index (χ1) is 22.3. The molecule has 0 amide bonds. The molecule has 0 saturated heterocycles. The molecule has 8 aromatic rings. The summed E-state index contributed by atoms with van der Waals surface area (Å²) in [6, 6.07) is 67.7. The molecular formula is C44H31N. The van der Waals surface area contributed by atoms with Gasteiger partial charge in [0.15, 0.2) is 0 Å². The van der Waals surface area contributed by atoms with E-state index < -0.39 is 0 Å². The first-order valence-corrected chi connectivity index (χ1v) is 15.4. The maximum absolute atomic E-state index is 2.46. The van der Waals surface area contributed by atoms with Crippen LogP contribution in [0.2, 0.25) is 0 Å². The maximum Gasteiger partial charge on any atom is 0.0546 e. The summed E-state index contributed by atoms with van der Waals surface area (Å²) >= 11 is 0. The van der Waals surface area contributed by atoms with E-state index in [1.165, 1.54) is 54.9 Å². The molecule has 45 heavy (non-hydrogen) atoms. The van der Waals surface area contributed by atoms with Crippen LogP contribution in [0.5, 0.6) is 0 Å². The Hall–Kier alpha value is -5.92. The van der Waals surface area contributed by atoms with Gasteiger partial charge in [-0.25, -0.2) is 0 Å².